The number of likely N-dealkylation sites (N-methyl/N-ethyl adjacent to an activating group) is 1. The molecule has 0 unspecified atom stereocenters. The Morgan fingerprint density at radius 1 is 0.767 bits per heavy atom. The van der Waals surface area contributed by atoms with Gasteiger partial charge < -0.3 is 9.64 Å². The van der Waals surface area contributed by atoms with Crippen molar-refractivity contribution in [2.45, 2.75) is 117 Å². The fourth-order valence-electron chi connectivity index (χ4n) is 3.27. The number of nitrogens with one attached hydrogen (secondary N) is 2. The Labute approximate surface area is 185 Å². The Morgan fingerprint density at radius 2 is 1.23 bits per heavy atom. The van der Waals surface area contributed by atoms with Gasteiger partial charge in [-0.15, -0.1) is 0 Å². The zero-order valence-corrected chi connectivity index (χ0v) is 19.9. The Morgan fingerprint density at radius 3 is 1.77 bits per heavy atom. The van der Waals surface area contributed by atoms with E-state index in [4.69, 9.17) is 10.1 Å². The molecule has 0 aliphatic carbocycles. The summed E-state index contributed by atoms with van der Waals surface area (Å²) in [5, 5.41) is 10.5. The van der Waals surface area contributed by atoms with Gasteiger partial charge >= 0.3 is 5.97 Å². The van der Waals surface area contributed by atoms with Crippen LogP contribution in [0.1, 0.15) is 117 Å². The minimum absolute atomic E-state index is 0.0215. The first-order valence-electron chi connectivity index (χ1n) is 12.3. The number of hydrogen-bond donors (Lipinski definition) is 2. The average molecular weight is 426 g/mol. The average Bonchev–Trinajstić information content (AvgIpc) is 2.71. The van der Waals surface area contributed by atoms with Crippen LogP contribution < -0.4 is 5.32 Å². The van der Waals surface area contributed by atoms with Gasteiger partial charge in [-0.3, -0.25) is 20.3 Å². The van der Waals surface area contributed by atoms with Gasteiger partial charge in [0.25, 0.3) is 0 Å². The summed E-state index contributed by atoms with van der Waals surface area (Å²) in [6, 6.07) is 0. The summed E-state index contributed by atoms with van der Waals surface area (Å²) in [5.74, 6) is -0.565. The second-order valence-corrected chi connectivity index (χ2v) is 8.32. The maximum atomic E-state index is 12.0. The summed E-state index contributed by atoms with van der Waals surface area (Å²) in [6.07, 6.45) is 18.2. The van der Waals surface area contributed by atoms with Gasteiger partial charge in [0.2, 0.25) is 5.91 Å². The van der Waals surface area contributed by atoms with E-state index in [2.05, 4.69) is 19.2 Å². The highest BCUT2D eigenvalue weighted by molar-refractivity contribution is 5.96. The van der Waals surface area contributed by atoms with Gasteiger partial charge in [-0.2, -0.15) is 0 Å². The highest BCUT2D eigenvalue weighted by Gasteiger charge is 2.13. The van der Waals surface area contributed by atoms with Crippen molar-refractivity contribution in [3.63, 3.8) is 0 Å². The van der Waals surface area contributed by atoms with E-state index in [1.54, 1.807) is 7.05 Å². The fraction of sp³-hybridized carbons (Fsp3) is 0.875. The molecule has 2 N–H and O–H groups in total. The van der Waals surface area contributed by atoms with E-state index < -0.39 is 0 Å². The first kappa shape index (κ1) is 28.4. The Bertz CT molecular complexity index is 455. The molecule has 0 saturated heterocycles. The first-order valence-corrected chi connectivity index (χ1v) is 12.3. The second kappa shape index (κ2) is 20.7. The second-order valence-electron chi connectivity index (χ2n) is 8.32. The van der Waals surface area contributed by atoms with Crippen molar-refractivity contribution in [3.05, 3.63) is 0 Å². The highest BCUT2D eigenvalue weighted by atomic mass is 16.5. The smallest absolute Gasteiger partial charge is 0.325 e. The van der Waals surface area contributed by atoms with Gasteiger partial charge in [-0.25, -0.2) is 0 Å². The summed E-state index contributed by atoms with van der Waals surface area (Å²) in [4.78, 5) is 25.2. The first-order chi connectivity index (χ1) is 14.5. The Hall–Kier alpha value is -1.59. The molecule has 0 saturated carbocycles. The molecule has 0 rings (SSSR count). The van der Waals surface area contributed by atoms with Crippen molar-refractivity contribution < 1.29 is 14.3 Å². The molecule has 0 aromatic carbocycles. The van der Waals surface area contributed by atoms with Gasteiger partial charge in [0.1, 0.15) is 6.54 Å². The Kier molecular flexibility index (Phi) is 19.6. The summed E-state index contributed by atoms with van der Waals surface area (Å²) in [7, 11) is 1.62. The number of esters is 1. The number of rotatable bonds is 19. The molecule has 0 atom stereocenters. The summed E-state index contributed by atoms with van der Waals surface area (Å²) >= 11 is 0. The summed E-state index contributed by atoms with van der Waals surface area (Å²) < 4.78 is 5.20. The van der Waals surface area contributed by atoms with E-state index in [1.807, 2.05) is 0 Å². The standard InChI is InChI=1S/C24H47N3O3/c1-4-6-8-10-11-12-13-14-15-17-19-22(28)26-24(25)27(3)21-23(29)30-20-18-16-9-7-5-2/h4-21H2,1-3H3,(H2,25,26,28). The number of ether oxygens (including phenoxy) is 1. The normalized spacial score (nSPS) is 10.6. The predicted molar refractivity (Wildman–Crippen MR) is 125 cm³/mol. The molecule has 0 spiro atoms. The minimum atomic E-state index is -0.360. The molecule has 0 fully saturated rings. The molecule has 6 heteroatoms. The summed E-state index contributed by atoms with van der Waals surface area (Å²) in [6.45, 7) is 4.81. The number of carbonyl (C=O) groups excluding carboxylic acids is 2. The molecular weight excluding hydrogens is 378 g/mol. The molecule has 0 heterocycles. The lowest BCUT2D eigenvalue weighted by Gasteiger charge is -2.19. The molecule has 0 aliphatic rings. The van der Waals surface area contributed by atoms with Crippen LogP contribution in [-0.2, 0) is 14.3 Å². The van der Waals surface area contributed by atoms with E-state index in [-0.39, 0.29) is 24.4 Å². The molecule has 176 valence electrons. The lowest BCUT2D eigenvalue weighted by atomic mass is 10.1. The van der Waals surface area contributed by atoms with Crippen molar-refractivity contribution in [1.29, 1.82) is 5.41 Å². The van der Waals surface area contributed by atoms with Crippen LogP contribution in [0.4, 0.5) is 0 Å². The number of guanidine groups is 1. The molecule has 1 amide bonds. The van der Waals surface area contributed by atoms with Crippen LogP contribution >= 0.6 is 0 Å². The minimum Gasteiger partial charge on any atom is -0.464 e. The third-order valence-corrected chi connectivity index (χ3v) is 5.27. The third kappa shape index (κ3) is 18.4. The van der Waals surface area contributed by atoms with Crippen LogP contribution in [0.15, 0.2) is 0 Å². The van der Waals surface area contributed by atoms with E-state index in [0.717, 1.165) is 25.7 Å². The van der Waals surface area contributed by atoms with Crippen LogP contribution in [0.2, 0.25) is 0 Å². The van der Waals surface area contributed by atoms with Crippen molar-refractivity contribution in [3.8, 4) is 0 Å². The molecule has 6 nitrogen and oxygen atoms in total. The predicted octanol–water partition coefficient (Wildman–Crippen LogP) is 5.79. The topological polar surface area (TPSA) is 82.5 Å². The van der Waals surface area contributed by atoms with Gasteiger partial charge in [0.15, 0.2) is 5.96 Å². The van der Waals surface area contributed by atoms with Crippen molar-refractivity contribution in [2.24, 2.45) is 0 Å². The number of hydrogen-bond acceptors (Lipinski definition) is 4. The monoisotopic (exact) mass is 425 g/mol. The molecule has 0 aliphatic heterocycles. The molecule has 0 aromatic heterocycles. The van der Waals surface area contributed by atoms with Gasteiger partial charge in [0, 0.05) is 13.5 Å². The quantitative estimate of drug-likeness (QED) is 0.119. The van der Waals surface area contributed by atoms with Crippen molar-refractivity contribution in [2.75, 3.05) is 20.2 Å². The zero-order chi connectivity index (χ0) is 22.5. The lowest BCUT2D eigenvalue weighted by Crippen LogP contribution is -2.43. The third-order valence-electron chi connectivity index (χ3n) is 5.27. The van der Waals surface area contributed by atoms with Crippen LogP contribution in [0.3, 0.4) is 0 Å². The van der Waals surface area contributed by atoms with E-state index in [0.29, 0.717) is 13.0 Å². The number of carbonyl (C=O) groups is 2. The SMILES string of the molecule is CCCCCCCCCCCCC(=O)NC(=N)N(C)CC(=O)OCCCCCCC. The number of nitrogens with zero attached hydrogens (tertiary/aromatic N) is 1. The highest BCUT2D eigenvalue weighted by Crippen LogP contribution is 2.11. The molecule has 0 bridgehead atoms. The number of amides is 1. The van der Waals surface area contributed by atoms with Crippen LogP contribution in [-0.4, -0.2) is 42.9 Å². The van der Waals surface area contributed by atoms with Crippen LogP contribution in [0.5, 0.6) is 0 Å². The maximum Gasteiger partial charge on any atom is 0.325 e. The molecule has 0 aromatic rings. The van der Waals surface area contributed by atoms with Crippen molar-refractivity contribution >= 4 is 17.8 Å². The van der Waals surface area contributed by atoms with Crippen LogP contribution in [0.25, 0.3) is 0 Å². The molecule has 0 radical (unpaired) electrons. The molecular formula is C24H47N3O3. The van der Waals surface area contributed by atoms with Crippen molar-refractivity contribution in [1.82, 2.24) is 10.2 Å². The largest absolute Gasteiger partial charge is 0.464 e. The van der Waals surface area contributed by atoms with Crippen LogP contribution in [0, 0.1) is 5.41 Å². The maximum absolute atomic E-state index is 12.0. The lowest BCUT2D eigenvalue weighted by molar-refractivity contribution is -0.144. The van der Waals surface area contributed by atoms with Gasteiger partial charge in [-0.1, -0.05) is 97.3 Å². The number of unbranched alkanes of at least 4 members (excludes halogenated alkanes) is 13. The van der Waals surface area contributed by atoms with Gasteiger partial charge in [0.05, 0.1) is 6.61 Å². The zero-order valence-electron chi connectivity index (χ0n) is 19.9. The van der Waals surface area contributed by atoms with E-state index in [1.165, 1.54) is 75.5 Å². The van der Waals surface area contributed by atoms with E-state index >= 15 is 0 Å². The Balaban J connectivity index is 3.66. The summed E-state index contributed by atoms with van der Waals surface area (Å²) in [5.41, 5.74) is 0. The van der Waals surface area contributed by atoms with E-state index in [9.17, 15) is 9.59 Å². The molecule has 30 heavy (non-hydrogen) atoms. The van der Waals surface area contributed by atoms with Gasteiger partial charge in [-0.05, 0) is 12.8 Å². The fourth-order valence-corrected chi connectivity index (χ4v) is 3.27.